The molecule has 0 spiro atoms. The zero-order chi connectivity index (χ0) is 12.1. The van der Waals surface area contributed by atoms with Gasteiger partial charge in [0.05, 0.1) is 24.7 Å². The van der Waals surface area contributed by atoms with Gasteiger partial charge in [0, 0.05) is 5.39 Å². The first-order chi connectivity index (χ1) is 8.29. The van der Waals surface area contributed by atoms with Crippen LogP contribution in [0, 0.1) is 0 Å². The number of methoxy groups -OCH3 is 1. The molecular formula is C14H13NO2. The number of carbonyl (C=O) groups is 1. The highest BCUT2D eigenvalue weighted by Crippen LogP contribution is 2.12. The molecule has 0 N–H and O–H groups in total. The van der Waals surface area contributed by atoms with Crippen molar-refractivity contribution in [1.29, 1.82) is 0 Å². The van der Waals surface area contributed by atoms with Crippen LogP contribution in [-0.4, -0.2) is 18.1 Å². The molecule has 0 aliphatic carbocycles. The molecule has 0 amide bonds. The lowest BCUT2D eigenvalue weighted by molar-refractivity contribution is -0.139. The Morgan fingerprint density at radius 2 is 2.12 bits per heavy atom. The van der Waals surface area contributed by atoms with E-state index in [0.29, 0.717) is 0 Å². The molecular weight excluding hydrogens is 214 g/mol. The highest BCUT2D eigenvalue weighted by Gasteiger charge is 1.96. The van der Waals surface area contributed by atoms with Gasteiger partial charge in [-0.1, -0.05) is 30.3 Å². The number of para-hydroxylation sites is 1. The highest BCUT2D eigenvalue weighted by molar-refractivity contribution is 5.79. The second-order valence-corrected chi connectivity index (χ2v) is 3.61. The van der Waals surface area contributed by atoms with E-state index in [2.05, 4.69) is 9.72 Å². The van der Waals surface area contributed by atoms with Crippen LogP contribution >= 0.6 is 0 Å². The fourth-order valence-electron chi connectivity index (χ4n) is 1.53. The molecule has 1 heterocycles. The predicted octanol–water partition coefficient (Wildman–Crippen LogP) is 2.81. The van der Waals surface area contributed by atoms with Crippen LogP contribution in [0.5, 0.6) is 0 Å². The van der Waals surface area contributed by atoms with Crippen LogP contribution in [0.1, 0.15) is 12.1 Å². The molecule has 3 nitrogen and oxygen atoms in total. The SMILES string of the molecule is COC(=O)CC=Cc1ccc2ccccc2n1. The smallest absolute Gasteiger partial charge is 0.309 e. The Hall–Kier alpha value is -2.16. The van der Waals surface area contributed by atoms with E-state index >= 15 is 0 Å². The first-order valence-corrected chi connectivity index (χ1v) is 5.39. The Labute approximate surface area is 99.7 Å². The van der Waals surface area contributed by atoms with Crippen molar-refractivity contribution in [3.63, 3.8) is 0 Å². The number of hydrogen-bond donors (Lipinski definition) is 0. The summed E-state index contributed by atoms with van der Waals surface area (Å²) < 4.78 is 4.55. The number of pyridine rings is 1. The molecule has 2 aromatic rings. The maximum absolute atomic E-state index is 10.9. The topological polar surface area (TPSA) is 39.2 Å². The Morgan fingerprint density at radius 3 is 2.94 bits per heavy atom. The van der Waals surface area contributed by atoms with Gasteiger partial charge in [-0.25, -0.2) is 4.98 Å². The second kappa shape index (κ2) is 5.25. The molecule has 2 rings (SSSR count). The van der Waals surface area contributed by atoms with Gasteiger partial charge in [-0.05, 0) is 18.2 Å². The molecule has 0 saturated carbocycles. The fourth-order valence-corrected chi connectivity index (χ4v) is 1.53. The number of hydrogen-bond acceptors (Lipinski definition) is 3. The van der Waals surface area contributed by atoms with Crippen LogP contribution in [-0.2, 0) is 9.53 Å². The standard InChI is InChI=1S/C14H13NO2/c1-17-14(16)8-4-6-12-10-9-11-5-2-3-7-13(11)15-12/h2-7,9-10H,8H2,1H3. The normalized spacial score (nSPS) is 10.9. The van der Waals surface area contributed by atoms with Gasteiger partial charge in [-0.3, -0.25) is 4.79 Å². The van der Waals surface area contributed by atoms with Gasteiger partial charge < -0.3 is 4.74 Å². The van der Waals surface area contributed by atoms with Crippen LogP contribution in [0.2, 0.25) is 0 Å². The molecule has 0 unspecified atom stereocenters. The summed E-state index contributed by atoms with van der Waals surface area (Å²) >= 11 is 0. The van der Waals surface area contributed by atoms with E-state index in [4.69, 9.17) is 0 Å². The Balaban J connectivity index is 2.16. The molecule has 0 fully saturated rings. The minimum Gasteiger partial charge on any atom is -0.469 e. The molecule has 1 aromatic carbocycles. The summed E-state index contributed by atoms with van der Waals surface area (Å²) in [6.07, 6.45) is 3.84. The highest BCUT2D eigenvalue weighted by atomic mass is 16.5. The average molecular weight is 227 g/mol. The fraction of sp³-hybridized carbons (Fsp3) is 0.143. The molecule has 0 aliphatic rings. The molecule has 0 saturated heterocycles. The lowest BCUT2D eigenvalue weighted by Gasteiger charge is -1.98. The van der Waals surface area contributed by atoms with Crippen LogP contribution in [0.3, 0.4) is 0 Å². The van der Waals surface area contributed by atoms with E-state index in [-0.39, 0.29) is 12.4 Å². The third-order valence-electron chi connectivity index (χ3n) is 2.42. The van der Waals surface area contributed by atoms with Gasteiger partial charge in [0.15, 0.2) is 0 Å². The summed E-state index contributed by atoms with van der Waals surface area (Å²) in [5, 5.41) is 1.11. The average Bonchev–Trinajstić information content (AvgIpc) is 2.38. The molecule has 0 radical (unpaired) electrons. The molecule has 0 bridgehead atoms. The van der Waals surface area contributed by atoms with Crippen molar-refractivity contribution in [3.05, 3.63) is 48.2 Å². The number of ether oxygens (including phenoxy) is 1. The van der Waals surface area contributed by atoms with Crippen molar-refractivity contribution in [2.24, 2.45) is 0 Å². The zero-order valence-corrected chi connectivity index (χ0v) is 9.59. The maximum Gasteiger partial charge on any atom is 0.309 e. The third kappa shape index (κ3) is 2.91. The van der Waals surface area contributed by atoms with E-state index in [1.807, 2.05) is 42.5 Å². The van der Waals surface area contributed by atoms with Gasteiger partial charge >= 0.3 is 5.97 Å². The number of nitrogens with zero attached hydrogens (tertiary/aromatic N) is 1. The summed E-state index contributed by atoms with van der Waals surface area (Å²) in [4.78, 5) is 15.4. The molecule has 86 valence electrons. The van der Waals surface area contributed by atoms with Crippen molar-refractivity contribution < 1.29 is 9.53 Å². The maximum atomic E-state index is 10.9. The zero-order valence-electron chi connectivity index (χ0n) is 9.59. The van der Waals surface area contributed by atoms with E-state index in [9.17, 15) is 4.79 Å². The van der Waals surface area contributed by atoms with Gasteiger partial charge in [-0.2, -0.15) is 0 Å². The Bertz CT molecular complexity index is 561. The van der Waals surface area contributed by atoms with Gasteiger partial charge in [-0.15, -0.1) is 0 Å². The van der Waals surface area contributed by atoms with Gasteiger partial charge in [0.1, 0.15) is 0 Å². The number of esters is 1. The molecule has 1 aromatic heterocycles. The van der Waals surface area contributed by atoms with E-state index in [0.717, 1.165) is 16.6 Å². The van der Waals surface area contributed by atoms with Crippen LogP contribution in [0.25, 0.3) is 17.0 Å². The summed E-state index contributed by atoms with van der Waals surface area (Å²) in [5.74, 6) is -0.248. The van der Waals surface area contributed by atoms with Crippen molar-refractivity contribution in [1.82, 2.24) is 4.98 Å². The van der Waals surface area contributed by atoms with Crippen molar-refractivity contribution in [2.75, 3.05) is 7.11 Å². The largest absolute Gasteiger partial charge is 0.469 e. The predicted molar refractivity (Wildman–Crippen MR) is 67.4 cm³/mol. The van der Waals surface area contributed by atoms with Crippen LogP contribution in [0.4, 0.5) is 0 Å². The van der Waals surface area contributed by atoms with E-state index < -0.39 is 0 Å². The summed E-state index contributed by atoms with van der Waals surface area (Å²) in [6, 6.07) is 11.9. The van der Waals surface area contributed by atoms with E-state index in [1.165, 1.54) is 7.11 Å². The number of benzene rings is 1. The molecule has 0 aliphatic heterocycles. The first-order valence-electron chi connectivity index (χ1n) is 5.39. The number of rotatable bonds is 3. The number of aromatic nitrogens is 1. The minimum atomic E-state index is -0.248. The van der Waals surface area contributed by atoms with Gasteiger partial charge in [0.25, 0.3) is 0 Å². The summed E-state index contributed by atoms with van der Waals surface area (Å²) in [7, 11) is 1.38. The van der Waals surface area contributed by atoms with Crippen molar-refractivity contribution >= 4 is 22.9 Å². The molecule has 3 heteroatoms. The summed E-state index contributed by atoms with van der Waals surface area (Å²) in [5.41, 5.74) is 1.79. The molecule has 0 atom stereocenters. The number of fused-ring (bicyclic) bond motifs is 1. The van der Waals surface area contributed by atoms with Crippen LogP contribution in [0.15, 0.2) is 42.5 Å². The number of carbonyl (C=O) groups excluding carboxylic acids is 1. The van der Waals surface area contributed by atoms with Crippen molar-refractivity contribution in [3.8, 4) is 0 Å². The monoisotopic (exact) mass is 227 g/mol. The Kier molecular flexibility index (Phi) is 3.50. The van der Waals surface area contributed by atoms with E-state index in [1.54, 1.807) is 6.08 Å². The quantitative estimate of drug-likeness (QED) is 0.757. The third-order valence-corrected chi connectivity index (χ3v) is 2.42. The first kappa shape index (κ1) is 11.3. The lowest BCUT2D eigenvalue weighted by atomic mass is 10.2. The van der Waals surface area contributed by atoms with Crippen LogP contribution < -0.4 is 0 Å². The molecule has 17 heavy (non-hydrogen) atoms. The minimum absolute atomic E-state index is 0.248. The summed E-state index contributed by atoms with van der Waals surface area (Å²) in [6.45, 7) is 0. The van der Waals surface area contributed by atoms with Gasteiger partial charge in [0.2, 0.25) is 0 Å². The van der Waals surface area contributed by atoms with Crippen molar-refractivity contribution in [2.45, 2.75) is 6.42 Å². The Morgan fingerprint density at radius 1 is 1.29 bits per heavy atom. The lowest BCUT2D eigenvalue weighted by Crippen LogP contribution is -1.96. The second-order valence-electron chi connectivity index (χ2n) is 3.61.